The van der Waals surface area contributed by atoms with Crippen LogP contribution in [-0.2, 0) is 6.18 Å². The predicted octanol–water partition coefficient (Wildman–Crippen LogP) is 3.64. The highest BCUT2D eigenvalue weighted by Gasteiger charge is 2.33. The number of para-hydroxylation sites is 1. The van der Waals surface area contributed by atoms with E-state index in [0.29, 0.717) is 11.3 Å². The van der Waals surface area contributed by atoms with E-state index >= 15 is 0 Å². The van der Waals surface area contributed by atoms with Gasteiger partial charge >= 0.3 is 6.18 Å². The number of aromatic nitrogens is 1. The fourth-order valence-electron chi connectivity index (χ4n) is 2.62. The smallest absolute Gasteiger partial charge is 0.411 e. The minimum Gasteiger partial charge on any atom is -0.411 e. The molecule has 3 aromatic rings. The maximum absolute atomic E-state index is 13.3. The van der Waals surface area contributed by atoms with Crippen LogP contribution in [0, 0.1) is 0 Å². The van der Waals surface area contributed by atoms with E-state index in [1.54, 1.807) is 24.3 Å². The Morgan fingerprint density at radius 2 is 1.68 bits per heavy atom. The van der Waals surface area contributed by atoms with Crippen molar-refractivity contribution in [2.24, 2.45) is 16.6 Å². The number of nitrogens with zero attached hydrogens (tertiary/aromatic N) is 2. The van der Waals surface area contributed by atoms with Crippen molar-refractivity contribution in [2.75, 3.05) is 5.73 Å². The molecule has 0 amide bonds. The van der Waals surface area contributed by atoms with Crippen LogP contribution in [0.4, 0.5) is 24.7 Å². The van der Waals surface area contributed by atoms with Gasteiger partial charge in [-0.25, -0.2) is 9.98 Å². The average Bonchev–Trinajstić information content (AvgIpc) is 2.67. The normalized spacial score (nSPS) is 12.1. The zero-order valence-electron chi connectivity index (χ0n) is 14.4. The molecular formula is C19H16F3N5O. The maximum atomic E-state index is 13.3. The lowest BCUT2D eigenvalue weighted by molar-refractivity contribution is -0.137. The first-order chi connectivity index (χ1) is 13.3. The van der Waals surface area contributed by atoms with Gasteiger partial charge in [0.2, 0.25) is 0 Å². The number of halogens is 3. The number of hydrogen-bond donors (Lipinski definition) is 3. The number of amidine groups is 1. The molecule has 144 valence electrons. The molecule has 0 fully saturated rings. The Hall–Kier alpha value is -3.59. The highest BCUT2D eigenvalue weighted by atomic mass is 19.4. The van der Waals surface area contributed by atoms with Crippen LogP contribution in [0.5, 0.6) is 5.75 Å². The molecule has 2 aromatic carbocycles. The van der Waals surface area contributed by atoms with Gasteiger partial charge in [-0.15, -0.1) is 0 Å². The van der Waals surface area contributed by atoms with Gasteiger partial charge in [-0.05, 0) is 18.2 Å². The summed E-state index contributed by atoms with van der Waals surface area (Å²) in [6.45, 7) is 0. The van der Waals surface area contributed by atoms with Crippen LogP contribution in [0.25, 0.3) is 11.3 Å². The van der Waals surface area contributed by atoms with E-state index in [9.17, 15) is 13.2 Å². The Morgan fingerprint density at radius 3 is 2.36 bits per heavy atom. The summed E-state index contributed by atoms with van der Waals surface area (Å²) >= 11 is 0. The van der Waals surface area contributed by atoms with Crippen LogP contribution in [0.3, 0.4) is 0 Å². The zero-order valence-corrected chi connectivity index (χ0v) is 14.4. The summed E-state index contributed by atoms with van der Waals surface area (Å²) in [6, 6.07) is 14.5. The standard InChI is InChI=1S/C19H16F3N5O/c20-19(21,22)14-7-3-1-5-12(14)16-9-11(28-25)10-17(26-16)27-18(24)13-6-2-4-8-15(13)23/h1-10H,23,25H2,(H2,24,26,27). The number of pyridine rings is 1. The molecule has 0 atom stereocenters. The molecule has 0 aliphatic carbocycles. The second kappa shape index (κ2) is 7.57. The zero-order chi connectivity index (χ0) is 20.3. The Labute approximate surface area is 158 Å². The van der Waals surface area contributed by atoms with Crippen LogP contribution in [0.1, 0.15) is 11.1 Å². The minimum atomic E-state index is -4.56. The van der Waals surface area contributed by atoms with Gasteiger partial charge in [-0.1, -0.05) is 30.3 Å². The fraction of sp³-hybridized carbons (Fsp3) is 0.0526. The van der Waals surface area contributed by atoms with Gasteiger partial charge in [-0.2, -0.15) is 19.1 Å². The van der Waals surface area contributed by atoms with E-state index in [1.165, 1.54) is 30.3 Å². The van der Waals surface area contributed by atoms with Crippen LogP contribution in [0.15, 0.2) is 65.7 Å². The largest absolute Gasteiger partial charge is 0.417 e. The summed E-state index contributed by atoms with van der Waals surface area (Å²) in [6.07, 6.45) is -4.56. The third-order valence-electron chi connectivity index (χ3n) is 3.90. The van der Waals surface area contributed by atoms with Crippen molar-refractivity contribution in [3.8, 4) is 17.0 Å². The molecule has 0 radical (unpaired) electrons. The minimum absolute atomic E-state index is 0.0107. The maximum Gasteiger partial charge on any atom is 0.417 e. The number of anilines is 1. The predicted molar refractivity (Wildman–Crippen MR) is 101 cm³/mol. The third-order valence-corrected chi connectivity index (χ3v) is 3.90. The molecule has 0 saturated heterocycles. The van der Waals surface area contributed by atoms with Gasteiger partial charge in [-0.3, -0.25) is 0 Å². The number of alkyl halides is 3. The molecular weight excluding hydrogens is 371 g/mol. The molecule has 0 aliphatic rings. The number of benzene rings is 2. The molecule has 0 unspecified atom stereocenters. The number of rotatable bonds is 4. The van der Waals surface area contributed by atoms with E-state index < -0.39 is 11.7 Å². The van der Waals surface area contributed by atoms with E-state index in [2.05, 4.69) is 9.98 Å². The summed E-state index contributed by atoms with van der Waals surface area (Å²) in [5, 5.41) is 0. The van der Waals surface area contributed by atoms with Crippen LogP contribution in [0.2, 0.25) is 0 Å². The first-order valence-electron chi connectivity index (χ1n) is 8.04. The van der Waals surface area contributed by atoms with E-state index in [-0.39, 0.29) is 28.7 Å². The Balaban J connectivity index is 2.13. The van der Waals surface area contributed by atoms with Crippen molar-refractivity contribution in [1.82, 2.24) is 4.98 Å². The molecule has 9 heteroatoms. The molecule has 0 bridgehead atoms. The lowest BCUT2D eigenvalue weighted by Gasteiger charge is -2.13. The highest BCUT2D eigenvalue weighted by molar-refractivity contribution is 6.03. The van der Waals surface area contributed by atoms with E-state index in [1.807, 2.05) is 0 Å². The topological polar surface area (TPSA) is 113 Å². The molecule has 28 heavy (non-hydrogen) atoms. The van der Waals surface area contributed by atoms with Gasteiger partial charge in [0.05, 0.1) is 11.3 Å². The summed E-state index contributed by atoms with van der Waals surface area (Å²) < 4.78 is 40.0. The van der Waals surface area contributed by atoms with Crippen molar-refractivity contribution in [3.05, 3.63) is 71.8 Å². The van der Waals surface area contributed by atoms with Gasteiger partial charge in [0.25, 0.3) is 0 Å². The second-order valence-electron chi connectivity index (χ2n) is 5.79. The van der Waals surface area contributed by atoms with E-state index in [0.717, 1.165) is 6.07 Å². The number of nitrogen functional groups attached to an aromatic ring is 1. The van der Waals surface area contributed by atoms with Gasteiger partial charge in [0, 0.05) is 28.9 Å². The SMILES string of the molecule is NOc1cc(N=C(N)c2ccccc2N)nc(-c2ccccc2C(F)(F)F)c1. The van der Waals surface area contributed by atoms with Crippen LogP contribution >= 0.6 is 0 Å². The van der Waals surface area contributed by atoms with Crippen molar-refractivity contribution in [2.45, 2.75) is 6.18 Å². The first-order valence-corrected chi connectivity index (χ1v) is 8.04. The average molecular weight is 387 g/mol. The van der Waals surface area contributed by atoms with Crippen molar-refractivity contribution in [1.29, 1.82) is 0 Å². The monoisotopic (exact) mass is 387 g/mol. The Bertz CT molecular complexity index is 1030. The van der Waals surface area contributed by atoms with Gasteiger partial charge in [0.1, 0.15) is 5.84 Å². The molecule has 3 rings (SSSR count). The molecule has 1 aromatic heterocycles. The van der Waals surface area contributed by atoms with Crippen molar-refractivity contribution in [3.63, 3.8) is 0 Å². The summed E-state index contributed by atoms with van der Waals surface area (Å²) in [5.74, 6) is 5.36. The molecule has 0 spiro atoms. The number of hydrogen-bond acceptors (Lipinski definition) is 5. The summed E-state index contributed by atoms with van der Waals surface area (Å²) in [5.41, 5.74) is 11.7. The van der Waals surface area contributed by atoms with Crippen molar-refractivity contribution < 1.29 is 18.0 Å². The second-order valence-corrected chi connectivity index (χ2v) is 5.79. The van der Waals surface area contributed by atoms with E-state index in [4.69, 9.17) is 22.2 Å². The molecule has 6 nitrogen and oxygen atoms in total. The summed E-state index contributed by atoms with van der Waals surface area (Å²) in [7, 11) is 0. The quantitative estimate of drug-likeness (QED) is 0.274. The first kappa shape index (κ1) is 19.2. The number of aliphatic imine (C=N–C) groups is 1. The van der Waals surface area contributed by atoms with Gasteiger partial charge < -0.3 is 16.3 Å². The molecule has 0 saturated carbocycles. The van der Waals surface area contributed by atoms with Crippen LogP contribution in [-0.4, -0.2) is 10.8 Å². The highest BCUT2D eigenvalue weighted by Crippen LogP contribution is 2.37. The fourth-order valence-corrected chi connectivity index (χ4v) is 2.62. The molecule has 6 N–H and O–H groups in total. The molecule has 1 heterocycles. The summed E-state index contributed by atoms with van der Waals surface area (Å²) in [4.78, 5) is 13.0. The molecule has 0 aliphatic heterocycles. The lowest BCUT2D eigenvalue weighted by atomic mass is 10.0. The number of nitrogens with two attached hydrogens (primary N) is 3. The van der Waals surface area contributed by atoms with Crippen molar-refractivity contribution >= 4 is 17.3 Å². The van der Waals surface area contributed by atoms with Crippen LogP contribution < -0.4 is 22.2 Å². The third kappa shape index (κ3) is 4.04. The Kier molecular flexibility index (Phi) is 5.18. The van der Waals surface area contributed by atoms with Gasteiger partial charge in [0.15, 0.2) is 11.6 Å². The lowest BCUT2D eigenvalue weighted by Crippen LogP contribution is -2.15. The Morgan fingerprint density at radius 1 is 1.00 bits per heavy atom.